The number of rotatable bonds is 5. The van der Waals surface area contributed by atoms with Gasteiger partial charge in [-0.05, 0) is 19.1 Å². The molecular weight excluding hydrogens is 380 g/mol. The van der Waals surface area contributed by atoms with Gasteiger partial charge in [-0.3, -0.25) is 9.59 Å². The summed E-state index contributed by atoms with van der Waals surface area (Å²) in [5.74, 6) is -0.285. The summed E-state index contributed by atoms with van der Waals surface area (Å²) in [5, 5.41) is 2.32. The summed E-state index contributed by atoms with van der Waals surface area (Å²) in [5.41, 5.74) is 0. The number of alkyl halides is 1. The number of carbonyl (C=O) groups excluding carboxylic acids is 3. The highest BCUT2D eigenvalue weighted by Crippen LogP contribution is 2.45. The molecule has 2 amide bonds. The van der Waals surface area contributed by atoms with E-state index in [4.69, 9.17) is 21.1 Å². The molecule has 26 heavy (non-hydrogen) atoms. The van der Waals surface area contributed by atoms with Gasteiger partial charge < -0.3 is 19.7 Å². The van der Waals surface area contributed by atoms with E-state index >= 15 is 0 Å². The van der Waals surface area contributed by atoms with Crippen molar-refractivity contribution in [2.24, 2.45) is 0 Å². The first-order chi connectivity index (χ1) is 12.3. The molecule has 1 N–H and O–H groups in total. The Morgan fingerprint density at radius 1 is 1.38 bits per heavy atom. The normalized spacial score (nSPS) is 30.0. The maximum absolute atomic E-state index is 12.5. The summed E-state index contributed by atoms with van der Waals surface area (Å²) >= 11 is 7.85. The summed E-state index contributed by atoms with van der Waals surface area (Å²) in [7, 11) is 1.26. The van der Waals surface area contributed by atoms with Crippen molar-refractivity contribution in [2.75, 3.05) is 19.5 Å². The monoisotopic (exact) mass is 398 g/mol. The number of para-hydroxylation sites is 1. The van der Waals surface area contributed by atoms with Crippen molar-refractivity contribution in [3.8, 4) is 5.75 Å². The average molecular weight is 399 g/mol. The minimum atomic E-state index is -0.921. The molecule has 0 aliphatic carbocycles. The van der Waals surface area contributed by atoms with Crippen LogP contribution in [0.2, 0.25) is 0 Å². The topological polar surface area (TPSA) is 84.9 Å². The summed E-state index contributed by atoms with van der Waals surface area (Å²) < 4.78 is 10.2. The predicted molar refractivity (Wildman–Crippen MR) is 97.0 cm³/mol. The first kappa shape index (κ1) is 18.8. The molecule has 3 rings (SSSR count). The van der Waals surface area contributed by atoms with Gasteiger partial charge in [0.15, 0.2) is 12.6 Å². The third-order valence-corrected chi connectivity index (χ3v) is 6.42. The number of β-lactam (4-membered cyclic amide) rings is 1. The van der Waals surface area contributed by atoms with Crippen LogP contribution in [0.5, 0.6) is 5.75 Å². The minimum absolute atomic E-state index is 0.196. The van der Waals surface area contributed by atoms with Crippen LogP contribution in [-0.2, 0) is 19.1 Å². The van der Waals surface area contributed by atoms with Gasteiger partial charge >= 0.3 is 5.97 Å². The van der Waals surface area contributed by atoms with Crippen molar-refractivity contribution in [3.63, 3.8) is 0 Å². The van der Waals surface area contributed by atoms with Crippen molar-refractivity contribution >= 4 is 41.1 Å². The molecule has 1 aromatic carbocycles. The SMILES string of the molecule is COC(=O)C1N2C(=O)C(NC(=O)COc3ccccc3)[C@H]2SCC1(C)Cl. The predicted octanol–water partition coefficient (Wildman–Crippen LogP) is 1.00. The largest absolute Gasteiger partial charge is 0.484 e. The van der Waals surface area contributed by atoms with Crippen molar-refractivity contribution in [1.82, 2.24) is 10.2 Å². The number of halogens is 1. The van der Waals surface area contributed by atoms with E-state index in [0.29, 0.717) is 11.5 Å². The fraction of sp³-hybridized carbons (Fsp3) is 0.471. The molecule has 7 nitrogen and oxygen atoms in total. The van der Waals surface area contributed by atoms with Crippen LogP contribution in [0.3, 0.4) is 0 Å². The lowest BCUT2D eigenvalue weighted by atomic mass is 9.94. The molecule has 2 fully saturated rings. The number of amides is 2. The molecule has 2 aliphatic rings. The summed E-state index contributed by atoms with van der Waals surface area (Å²) in [6.07, 6.45) is 0. The van der Waals surface area contributed by atoms with Crippen molar-refractivity contribution in [2.45, 2.75) is 29.3 Å². The van der Waals surface area contributed by atoms with Crippen LogP contribution in [-0.4, -0.2) is 64.5 Å². The van der Waals surface area contributed by atoms with E-state index in [-0.39, 0.29) is 17.9 Å². The Morgan fingerprint density at radius 2 is 2.08 bits per heavy atom. The van der Waals surface area contributed by atoms with Crippen molar-refractivity contribution in [3.05, 3.63) is 30.3 Å². The maximum atomic E-state index is 12.5. The second kappa shape index (κ2) is 7.36. The molecule has 2 heterocycles. The highest BCUT2D eigenvalue weighted by atomic mass is 35.5. The number of thioether (sulfide) groups is 1. The van der Waals surface area contributed by atoms with Gasteiger partial charge in [-0.25, -0.2) is 4.79 Å². The van der Waals surface area contributed by atoms with Gasteiger partial charge in [0.2, 0.25) is 5.91 Å². The molecule has 140 valence electrons. The third kappa shape index (κ3) is 3.48. The molecule has 9 heteroatoms. The smallest absolute Gasteiger partial charge is 0.330 e. The number of fused-ring (bicyclic) bond motifs is 1. The highest BCUT2D eigenvalue weighted by Gasteiger charge is 2.61. The molecule has 0 spiro atoms. The number of nitrogens with zero attached hydrogens (tertiary/aromatic N) is 1. The van der Waals surface area contributed by atoms with Gasteiger partial charge in [-0.2, -0.15) is 0 Å². The van der Waals surface area contributed by atoms with Crippen molar-refractivity contribution < 1.29 is 23.9 Å². The number of hydrogen-bond acceptors (Lipinski definition) is 6. The first-order valence-corrected chi connectivity index (χ1v) is 9.45. The Bertz CT molecular complexity index is 714. The molecular formula is C17H19ClN2O5S. The number of nitrogens with one attached hydrogen (secondary N) is 1. The van der Waals surface area contributed by atoms with Crippen LogP contribution in [0, 0.1) is 0 Å². The maximum Gasteiger partial charge on any atom is 0.330 e. The van der Waals surface area contributed by atoms with E-state index in [1.165, 1.54) is 23.8 Å². The molecule has 2 saturated heterocycles. The zero-order valence-electron chi connectivity index (χ0n) is 14.3. The quantitative estimate of drug-likeness (QED) is 0.452. The van der Waals surface area contributed by atoms with Gasteiger partial charge in [0.25, 0.3) is 5.91 Å². The lowest BCUT2D eigenvalue weighted by Crippen LogP contribution is -2.78. The van der Waals surface area contributed by atoms with Crippen LogP contribution in [0.4, 0.5) is 0 Å². The first-order valence-electron chi connectivity index (χ1n) is 8.03. The van der Waals surface area contributed by atoms with Gasteiger partial charge in [0.1, 0.15) is 17.2 Å². The second-order valence-corrected chi connectivity index (χ2v) is 8.27. The zero-order valence-corrected chi connectivity index (χ0v) is 15.9. The minimum Gasteiger partial charge on any atom is -0.484 e. The van der Waals surface area contributed by atoms with Gasteiger partial charge in [0, 0.05) is 5.75 Å². The van der Waals surface area contributed by atoms with E-state index in [2.05, 4.69) is 5.32 Å². The summed E-state index contributed by atoms with van der Waals surface area (Å²) in [6, 6.07) is 7.35. The molecule has 0 bridgehead atoms. The standard InChI is InChI=1S/C17H19ClN2O5S/c1-17(18)9-26-15-12(14(22)20(15)13(17)16(23)24-2)19-11(21)8-25-10-6-4-3-5-7-10/h3-7,12-13,15H,8-9H2,1-2H3,(H,19,21)/t12?,13?,15-,17?/m1/s1. The number of hydrogen-bond donors (Lipinski definition) is 1. The fourth-order valence-electron chi connectivity index (χ4n) is 3.04. The number of carbonyl (C=O) groups is 3. The Balaban J connectivity index is 1.61. The van der Waals surface area contributed by atoms with E-state index in [1.54, 1.807) is 31.2 Å². The van der Waals surface area contributed by atoms with Crippen molar-refractivity contribution in [1.29, 1.82) is 0 Å². The van der Waals surface area contributed by atoms with E-state index in [1.807, 2.05) is 6.07 Å². The third-order valence-electron chi connectivity index (χ3n) is 4.32. The lowest BCUT2D eigenvalue weighted by molar-refractivity contribution is -0.165. The number of esters is 1. The molecule has 4 atom stereocenters. The van der Waals surface area contributed by atoms with E-state index in [9.17, 15) is 14.4 Å². The Labute approximate surface area is 160 Å². The highest BCUT2D eigenvalue weighted by molar-refractivity contribution is 8.00. The second-order valence-electron chi connectivity index (χ2n) is 6.30. The van der Waals surface area contributed by atoms with E-state index < -0.39 is 28.8 Å². The number of ether oxygens (including phenoxy) is 2. The lowest BCUT2D eigenvalue weighted by Gasteiger charge is -2.56. The molecule has 3 unspecified atom stereocenters. The molecule has 0 saturated carbocycles. The molecule has 1 aromatic rings. The van der Waals surface area contributed by atoms with Gasteiger partial charge in [-0.1, -0.05) is 18.2 Å². The number of methoxy groups -OCH3 is 1. The van der Waals surface area contributed by atoms with Crippen LogP contribution < -0.4 is 10.1 Å². The van der Waals surface area contributed by atoms with Gasteiger partial charge in [0.05, 0.1) is 12.0 Å². The molecule has 0 aromatic heterocycles. The Morgan fingerprint density at radius 3 is 2.73 bits per heavy atom. The summed E-state index contributed by atoms with van der Waals surface area (Å²) in [6.45, 7) is 1.51. The van der Waals surface area contributed by atoms with Crippen LogP contribution >= 0.6 is 23.4 Å². The molecule has 0 radical (unpaired) electrons. The van der Waals surface area contributed by atoms with Crippen LogP contribution in [0.15, 0.2) is 30.3 Å². The number of benzene rings is 1. The van der Waals surface area contributed by atoms with Crippen LogP contribution in [0.25, 0.3) is 0 Å². The van der Waals surface area contributed by atoms with Gasteiger partial charge in [-0.15, -0.1) is 23.4 Å². The van der Waals surface area contributed by atoms with E-state index in [0.717, 1.165) is 0 Å². The zero-order chi connectivity index (χ0) is 18.9. The Hall–Kier alpha value is -1.93. The Kier molecular flexibility index (Phi) is 5.34. The fourth-order valence-corrected chi connectivity index (χ4v) is 4.84. The van der Waals surface area contributed by atoms with Crippen LogP contribution in [0.1, 0.15) is 6.92 Å². The average Bonchev–Trinajstić information content (AvgIpc) is 2.64. The molecule has 2 aliphatic heterocycles. The summed E-state index contributed by atoms with van der Waals surface area (Å²) in [4.78, 5) is 37.2.